The highest BCUT2D eigenvalue weighted by Gasteiger charge is 2.27. The molecule has 0 fully saturated rings. The molecule has 0 aliphatic rings. The molecule has 16 heavy (non-hydrogen) atoms. The highest BCUT2D eigenvalue weighted by atomic mass is 32.2. The van der Waals surface area contributed by atoms with Crippen molar-refractivity contribution in [2.45, 2.75) is 18.6 Å². The van der Waals surface area contributed by atoms with E-state index in [0.717, 1.165) is 0 Å². The fourth-order valence-corrected chi connectivity index (χ4v) is 3.03. The maximum atomic E-state index is 12.1. The quantitative estimate of drug-likeness (QED) is 0.843. The van der Waals surface area contributed by atoms with E-state index in [9.17, 15) is 8.42 Å². The van der Waals surface area contributed by atoms with Crippen LogP contribution in [0.1, 0.15) is 13.3 Å². The predicted molar refractivity (Wildman–Crippen MR) is 66.9 cm³/mol. The van der Waals surface area contributed by atoms with Crippen LogP contribution in [0.15, 0.2) is 30.3 Å². The number of rotatable bonds is 5. The van der Waals surface area contributed by atoms with Crippen molar-refractivity contribution in [3.05, 3.63) is 30.3 Å². The van der Waals surface area contributed by atoms with Gasteiger partial charge >= 0.3 is 0 Å². The van der Waals surface area contributed by atoms with Crippen molar-refractivity contribution >= 4 is 15.7 Å². The van der Waals surface area contributed by atoms with Gasteiger partial charge in [0.25, 0.3) is 0 Å². The second kappa shape index (κ2) is 5.32. The van der Waals surface area contributed by atoms with Gasteiger partial charge in [0.1, 0.15) is 0 Å². The fraction of sp³-hybridized carbons (Fsp3) is 0.455. The Morgan fingerprint density at radius 3 is 2.31 bits per heavy atom. The first-order valence-corrected chi connectivity index (χ1v) is 6.77. The Morgan fingerprint density at radius 2 is 1.88 bits per heavy atom. The van der Waals surface area contributed by atoms with E-state index in [1.165, 1.54) is 4.31 Å². The van der Waals surface area contributed by atoms with Gasteiger partial charge in [-0.15, -0.1) is 0 Å². The van der Waals surface area contributed by atoms with Gasteiger partial charge in [-0.25, -0.2) is 8.42 Å². The van der Waals surface area contributed by atoms with Gasteiger partial charge in [0, 0.05) is 13.6 Å². The van der Waals surface area contributed by atoms with Crippen LogP contribution >= 0.6 is 0 Å². The van der Waals surface area contributed by atoms with Crippen LogP contribution in [0.3, 0.4) is 0 Å². The van der Waals surface area contributed by atoms with Crippen molar-refractivity contribution in [2.75, 3.05) is 17.9 Å². The molecule has 1 rings (SSSR count). The molecular formula is C11H18N2O2S. The van der Waals surface area contributed by atoms with Crippen molar-refractivity contribution in [3.8, 4) is 0 Å². The Kier molecular flexibility index (Phi) is 4.32. The number of nitrogens with two attached hydrogens (primary N) is 1. The van der Waals surface area contributed by atoms with Crippen LogP contribution in [-0.4, -0.2) is 27.3 Å². The third kappa shape index (κ3) is 2.54. The second-order valence-corrected chi connectivity index (χ2v) is 5.86. The Hall–Kier alpha value is -1.07. The minimum absolute atomic E-state index is 0.149. The third-order valence-electron chi connectivity index (χ3n) is 2.64. The average Bonchev–Trinajstić information content (AvgIpc) is 2.30. The van der Waals surface area contributed by atoms with E-state index >= 15 is 0 Å². The van der Waals surface area contributed by atoms with Crippen molar-refractivity contribution < 1.29 is 8.42 Å². The van der Waals surface area contributed by atoms with Crippen LogP contribution in [-0.2, 0) is 10.0 Å². The molecule has 5 heteroatoms. The van der Waals surface area contributed by atoms with Crippen molar-refractivity contribution in [1.82, 2.24) is 0 Å². The molecule has 0 spiro atoms. The minimum Gasteiger partial charge on any atom is -0.329 e. The Morgan fingerprint density at radius 1 is 1.31 bits per heavy atom. The van der Waals surface area contributed by atoms with Crippen LogP contribution in [0, 0.1) is 0 Å². The SMILES string of the molecule is CCC(CN)S(=O)(=O)N(C)c1ccccc1. The molecule has 90 valence electrons. The van der Waals surface area contributed by atoms with E-state index in [1.54, 1.807) is 19.2 Å². The molecule has 1 atom stereocenters. The lowest BCUT2D eigenvalue weighted by Gasteiger charge is -2.24. The van der Waals surface area contributed by atoms with Gasteiger partial charge in [0.15, 0.2) is 0 Å². The number of benzene rings is 1. The molecule has 0 aliphatic carbocycles. The largest absolute Gasteiger partial charge is 0.329 e. The van der Waals surface area contributed by atoms with Gasteiger partial charge in [-0.1, -0.05) is 25.1 Å². The van der Waals surface area contributed by atoms with E-state index in [-0.39, 0.29) is 6.54 Å². The van der Waals surface area contributed by atoms with Crippen LogP contribution in [0.2, 0.25) is 0 Å². The predicted octanol–water partition coefficient (Wildman–Crippen LogP) is 1.19. The summed E-state index contributed by atoms with van der Waals surface area (Å²) in [6.45, 7) is 1.98. The van der Waals surface area contributed by atoms with Gasteiger partial charge in [0.05, 0.1) is 10.9 Å². The standard InChI is InChI=1S/C11H18N2O2S/c1-3-11(9-12)16(14,15)13(2)10-7-5-4-6-8-10/h4-8,11H,3,9,12H2,1-2H3. The summed E-state index contributed by atoms with van der Waals surface area (Å²) in [7, 11) is -1.79. The normalized spacial score (nSPS) is 13.4. The van der Waals surface area contributed by atoms with E-state index in [4.69, 9.17) is 5.73 Å². The minimum atomic E-state index is -3.35. The lowest BCUT2D eigenvalue weighted by Crippen LogP contribution is -2.39. The summed E-state index contributed by atoms with van der Waals surface area (Å²) in [5, 5.41) is -0.516. The second-order valence-electron chi connectivity index (χ2n) is 3.61. The topological polar surface area (TPSA) is 63.4 Å². The molecule has 0 aromatic heterocycles. The number of hydrogen-bond donors (Lipinski definition) is 1. The van der Waals surface area contributed by atoms with E-state index in [1.807, 2.05) is 25.1 Å². The molecule has 0 saturated heterocycles. The zero-order chi connectivity index (χ0) is 12.2. The van der Waals surface area contributed by atoms with Gasteiger partial charge in [-0.2, -0.15) is 0 Å². The zero-order valence-electron chi connectivity index (χ0n) is 9.63. The first kappa shape index (κ1) is 13.0. The summed E-state index contributed by atoms with van der Waals surface area (Å²) < 4.78 is 25.6. The number of nitrogens with zero attached hydrogens (tertiary/aromatic N) is 1. The van der Waals surface area contributed by atoms with Crippen LogP contribution in [0.4, 0.5) is 5.69 Å². The summed E-state index contributed by atoms with van der Waals surface area (Å²) in [5.41, 5.74) is 6.14. The molecule has 0 radical (unpaired) electrons. The molecule has 1 aromatic rings. The Bertz CT molecular complexity index is 413. The molecule has 2 N–H and O–H groups in total. The number of para-hydroxylation sites is 1. The smallest absolute Gasteiger partial charge is 0.239 e. The first-order valence-electron chi connectivity index (χ1n) is 5.26. The molecule has 0 bridgehead atoms. The summed E-state index contributed by atoms with van der Waals surface area (Å²) in [6.07, 6.45) is 0.524. The van der Waals surface area contributed by atoms with Crippen LogP contribution < -0.4 is 10.0 Å². The van der Waals surface area contributed by atoms with E-state index in [2.05, 4.69) is 0 Å². The highest BCUT2D eigenvalue weighted by molar-refractivity contribution is 7.93. The van der Waals surface area contributed by atoms with Crippen molar-refractivity contribution in [1.29, 1.82) is 0 Å². The van der Waals surface area contributed by atoms with Crippen LogP contribution in [0.5, 0.6) is 0 Å². The maximum absolute atomic E-state index is 12.1. The lowest BCUT2D eigenvalue weighted by molar-refractivity contribution is 0.574. The van der Waals surface area contributed by atoms with Gasteiger partial charge in [0.2, 0.25) is 10.0 Å². The zero-order valence-corrected chi connectivity index (χ0v) is 10.4. The molecule has 0 aliphatic heterocycles. The molecule has 1 aromatic carbocycles. The molecule has 1 unspecified atom stereocenters. The lowest BCUT2D eigenvalue weighted by atomic mass is 10.3. The molecule has 0 heterocycles. The summed E-state index contributed by atoms with van der Waals surface area (Å²) >= 11 is 0. The van der Waals surface area contributed by atoms with Crippen molar-refractivity contribution in [3.63, 3.8) is 0 Å². The van der Waals surface area contributed by atoms with E-state index < -0.39 is 15.3 Å². The maximum Gasteiger partial charge on any atom is 0.239 e. The average molecular weight is 242 g/mol. The summed E-state index contributed by atoms with van der Waals surface area (Å²) in [4.78, 5) is 0. The van der Waals surface area contributed by atoms with Gasteiger partial charge in [-0.3, -0.25) is 4.31 Å². The number of sulfonamides is 1. The third-order valence-corrected chi connectivity index (χ3v) is 4.98. The van der Waals surface area contributed by atoms with Crippen molar-refractivity contribution in [2.24, 2.45) is 5.73 Å². The monoisotopic (exact) mass is 242 g/mol. The Labute approximate surface area is 97.1 Å². The summed E-state index contributed by atoms with van der Waals surface area (Å²) in [6, 6.07) is 9.00. The van der Waals surface area contributed by atoms with E-state index in [0.29, 0.717) is 12.1 Å². The number of hydrogen-bond acceptors (Lipinski definition) is 3. The molecule has 0 saturated carbocycles. The molecular weight excluding hydrogens is 224 g/mol. The highest BCUT2D eigenvalue weighted by Crippen LogP contribution is 2.19. The van der Waals surface area contributed by atoms with Crippen LogP contribution in [0.25, 0.3) is 0 Å². The number of anilines is 1. The molecule has 0 amide bonds. The van der Waals surface area contributed by atoms with Gasteiger partial charge < -0.3 is 5.73 Å². The molecule has 4 nitrogen and oxygen atoms in total. The first-order chi connectivity index (χ1) is 7.54. The van der Waals surface area contributed by atoms with Gasteiger partial charge in [-0.05, 0) is 18.6 Å². The Balaban J connectivity index is 3.01. The summed E-state index contributed by atoms with van der Waals surface area (Å²) in [5.74, 6) is 0. The fourth-order valence-electron chi connectivity index (χ4n) is 1.51.